The molecule has 1 heterocycles. The third-order valence-electron chi connectivity index (χ3n) is 6.02. The third kappa shape index (κ3) is 6.65. The summed E-state index contributed by atoms with van der Waals surface area (Å²) in [5, 5.41) is 37.2. The number of aromatic nitrogens is 1. The molecule has 0 radical (unpaired) electrons. The van der Waals surface area contributed by atoms with E-state index in [1.807, 2.05) is 0 Å². The number of carboxylic acid groups (broad SMARTS) is 1. The molecule has 0 unspecified atom stereocenters. The van der Waals surface area contributed by atoms with Gasteiger partial charge in [-0.15, -0.1) is 11.3 Å². The molecular weight excluding hydrogens is 394 g/mol. The summed E-state index contributed by atoms with van der Waals surface area (Å²) in [5.41, 5.74) is 2.26. The molecule has 8 nitrogen and oxygen atoms in total. The van der Waals surface area contributed by atoms with E-state index >= 15 is 0 Å². The molecular formula is C20H31N3O5S. The fraction of sp³-hybridized carbons (Fsp3) is 0.750. The van der Waals surface area contributed by atoms with E-state index in [2.05, 4.69) is 15.6 Å². The van der Waals surface area contributed by atoms with Gasteiger partial charge in [-0.25, -0.2) is 9.78 Å². The lowest BCUT2D eigenvalue weighted by atomic mass is 9.82. The Morgan fingerprint density at radius 2 is 1.86 bits per heavy atom. The maximum Gasteiger partial charge on any atom is 0.405 e. The number of aliphatic hydroxyl groups is 2. The molecule has 1 aromatic heterocycles. The number of aliphatic hydroxyl groups excluding tert-OH is 2. The normalized spacial score (nSPS) is 21.7. The van der Waals surface area contributed by atoms with Crippen LogP contribution >= 0.6 is 11.3 Å². The summed E-state index contributed by atoms with van der Waals surface area (Å²) in [5.74, 6) is -0.0264. The molecule has 9 heteroatoms. The molecule has 2 fully saturated rings. The number of amides is 2. The maximum absolute atomic E-state index is 12.9. The first-order valence-electron chi connectivity index (χ1n) is 10.5. The fourth-order valence-electron chi connectivity index (χ4n) is 4.21. The molecule has 2 amide bonds. The van der Waals surface area contributed by atoms with Crippen LogP contribution in [-0.4, -0.2) is 56.6 Å². The van der Waals surface area contributed by atoms with Gasteiger partial charge in [-0.1, -0.05) is 32.1 Å². The van der Waals surface area contributed by atoms with Crippen molar-refractivity contribution in [1.29, 1.82) is 0 Å². The largest absolute Gasteiger partial charge is 0.465 e. The highest BCUT2D eigenvalue weighted by Crippen LogP contribution is 2.36. The molecule has 1 aromatic rings. The zero-order valence-electron chi connectivity index (χ0n) is 16.5. The summed E-state index contributed by atoms with van der Waals surface area (Å²) in [4.78, 5) is 28.2. The first kappa shape index (κ1) is 22.0. The summed E-state index contributed by atoms with van der Waals surface area (Å²) in [6.45, 7) is 0. The van der Waals surface area contributed by atoms with Crippen LogP contribution in [0.3, 0.4) is 0 Å². The number of nitrogens with zero attached hydrogens (tertiary/aromatic N) is 1. The Hall–Kier alpha value is -1.71. The summed E-state index contributed by atoms with van der Waals surface area (Å²) in [6, 6.07) is -1.61. The number of rotatable bonds is 10. The molecule has 162 valence electrons. The third-order valence-corrected chi connectivity index (χ3v) is 6.65. The van der Waals surface area contributed by atoms with Gasteiger partial charge in [-0.3, -0.25) is 4.79 Å². The molecule has 3 rings (SSSR count). The van der Waals surface area contributed by atoms with Crippen molar-refractivity contribution < 1.29 is 24.9 Å². The van der Waals surface area contributed by atoms with Crippen LogP contribution in [0, 0.1) is 11.8 Å². The van der Waals surface area contributed by atoms with E-state index in [0.29, 0.717) is 18.0 Å². The standard InChI is InChI=1S/C20H31N3O5S/c24-17(13-6-7-13)18(25)15(8-12-4-2-1-3-5-12)22-19(26)16(23-20(27)28)9-14-10-29-11-21-14/h10-13,15-18,23-25H,1-9H2,(H,22,26)(H,27,28)/t15-,16+,17-,18+/m0/s1. The van der Waals surface area contributed by atoms with Gasteiger partial charge >= 0.3 is 6.09 Å². The van der Waals surface area contributed by atoms with E-state index in [9.17, 15) is 19.8 Å². The molecule has 29 heavy (non-hydrogen) atoms. The van der Waals surface area contributed by atoms with E-state index < -0.39 is 36.3 Å². The molecule has 2 saturated carbocycles. The topological polar surface area (TPSA) is 132 Å². The zero-order chi connectivity index (χ0) is 20.8. The van der Waals surface area contributed by atoms with Gasteiger partial charge in [0, 0.05) is 11.8 Å². The molecule has 0 spiro atoms. The second kappa shape index (κ2) is 10.4. The number of thiazole rings is 1. The lowest BCUT2D eigenvalue weighted by Crippen LogP contribution is -2.56. The highest BCUT2D eigenvalue weighted by molar-refractivity contribution is 7.07. The van der Waals surface area contributed by atoms with Gasteiger partial charge in [0.1, 0.15) is 12.1 Å². The Bertz CT molecular complexity index is 661. The van der Waals surface area contributed by atoms with Crippen LogP contribution in [0.4, 0.5) is 4.79 Å². The molecule has 5 N–H and O–H groups in total. The highest BCUT2D eigenvalue weighted by Gasteiger charge is 2.40. The van der Waals surface area contributed by atoms with Crippen molar-refractivity contribution >= 4 is 23.3 Å². The van der Waals surface area contributed by atoms with Crippen LogP contribution in [0.15, 0.2) is 10.9 Å². The first-order valence-corrected chi connectivity index (χ1v) is 11.4. The van der Waals surface area contributed by atoms with Gasteiger partial charge in [0.2, 0.25) is 5.91 Å². The maximum atomic E-state index is 12.9. The fourth-order valence-corrected chi connectivity index (χ4v) is 4.78. The molecule has 2 aliphatic rings. The highest BCUT2D eigenvalue weighted by atomic mass is 32.1. The average molecular weight is 426 g/mol. The minimum Gasteiger partial charge on any atom is -0.465 e. The number of nitrogens with one attached hydrogen (secondary N) is 2. The van der Waals surface area contributed by atoms with Crippen molar-refractivity contribution in [3.8, 4) is 0 Å². The lowest BCUT2D eigenvalue weighted by molar-refractivity contribution is -0.125. The lowest BCUT2D eigenvalue weighted by Gasteiger charge is -2.33. The van der Waals surface area contributed by atoms with Crippen LogP contribution in [0.1, 0.15) is 57.1 Å². The number of carbonyl (C=O) groups is 2. The van der Waals surface area contributed by atoms with Crippen LogP contribution in [0.2, 0.25) is 0 Å². The zero-order valence-corrected chi connectivity index (χ0v) is 17.3. The predicted molar refractivity (Wildman–Crippen MR) is 109 cm³/mol. The summed E-state index contributed by atoms with van der Waals surface area (Å²) < 4.78 is 0. The molecule has 4 atom stereocenters. The molecule has 0 aromatic carbocycles. The number of carbonyl (C=O) groups excluding carboxylic acids is 1. The Kier molecular flexibility index (Phi) is 7.85. The van der Waals surface area contributed by atoms with Crippen molar-refractivity contribution in [3.05, 3.63) is 16.6 Å². The first-order chi connectivity index (χ1) is 13.9. The van der Waals surface area contributed by atoms with Crippen molar-refractivity contribution in [2.75, 3.05) is 0 Å². The molecule has 0 saturated heterocycles. The molecule has 0 bridgehead atoms. The minimum atomic E-state index is -1.29. The summed E-state index contributed by atoms with van der Waals surface area (Å²) >= 11 is 1.38. The molecule has 0 aliphatic heterocycles. The van der Waals surface area contributed by atoms with Gasteiger partial charge in [0.15, 0.2) is 0 Å². The van der Waals surface area contributed by atoms with Gasteiger partial charge < -0.3 is 26.0 Å². The van der Waals surface area contributed by atoms with Crippen LogP contribution < -0.4 is 10.6 Å². The van der Waals surface area contributed by atoms with Gasteiger partial charge in [-0.2, -0.15) is 0 Å². The quantitative estimate of drug-likeness (QED) is 0.389. The van der Waals surface area contributed by atoms with E-state index in [1.54, 1.807) is 10.9 Å². The van der Waals surface area contributed by atoms with E-state index in [-0.39, 0.29) is 12.3 Å². The number of hydrogen-bond donors (Lipinski definition) is 5. The second-order valence-corrected chi connectivity index (χ2v) is 9.08. The Morgan fingerprint density at radius 3 is 2.45 bits per heavy atom. The van der Waals surface area contributed by atoms with E-state index in [1.165, 1.54) is 17.8 Å². The van der Waals surface area contributed by atoms with Gasteiger partial charge in [-0.05, 0) is 31.1 Å². The van der Waals surface area contributed by atoms with Crippen molar-refractivity contribution in [2.24, 2.45) is 11.8 Å². The predicted octanol–water partition coefficient (Wildman–Crippen LogP) is 1.91. The van der Waals surface area contributed by atoms with E-state index in [0.717, 1.165) is 38.5 Å². The Balaban J connectivity index is 1.68. The van der Waals surface area contributed by atoms with Crippen molar-refractivity contribution in [2.45, 2.75) is 82.1 Å². The molecule has 2 aliphatic carbocycles. The SMILES string of the molecule is O=C(O)N[C@H](Cc1cscn1)C(=O)N[C@@H](CC1CCCCC1)[C@@H](O)[C@@H](O)C1CC1. The Morgan fingerprint density at radius 1 is 1.14 bits per heavy atom. The monoisotopic (exact) mass is 425 g/mol. The minimum absolute atomic E-state index is 0.0821. The summed E-state index contributed by atoms with van der Waals surface area (Å²) in [7, 11) is 0. The Labute approximate surface area is 174 Å². The van der Waals surface area contributed by atoms with Crippen LogP contribution in [0.25, 0.3) is 0 Å². The average Bonchev–Trinajstić information content (AvgIpc) is 3.43. The van der Waals surface area contributed by atoms with E-state index in [4.69, 9.17) is 5.11 Å². The van der Waals surface area contributed by atoms with Crippen molar-refractivity contribution in [1.82, 2.24) is 15.6 Å². The van der Waals surface area contributed by atoms with Gasteiger partial charge in [0.05, 0.1) is 23.4 Å². The summed E-state index contributed by atoms with van der Waals surface area (Å²) in [6.07, 6.45) is 4.87. The van der Waals surface area contributed by atoms with Crippen LogP contribution in [0.5, 0.6) is 0 Å². The van der Waals surface area contributed by atoms with Crippen molar-refractivity contribution in [3.63, 3.8) is 0 Å². The number of hydrogen-bond acceptors (Lipinski definition) is 6. The van der Waals surface area contributed by atoms with Gasteiger partial charge in [0.25, 0.3) is 0 Å². The van der Waals surface area contributed by atoms with Crippen LogP contribution in [-0.2, 0) is 11.2 Å². The second-order valence-electron chi connectivity index (χ2n) is 8.36. The smallest absolute Gasteiger partial charge is 0.405 e.